The summed E-state index contributed by atoms with van der Waals surface area (Å²) in [7, 11) is 0. The topological polar surface area (TPSA) is 85.6 Å². The second-order valence-electron chi connectivity index (χ2n) is 7.53. The van der Waals surface area contributed by atoms with E-state index < -0.39 is 0 Å². The molecule has 0 fully saturated rings. The second kappa shape index (κ2) is 11.7. The number of carbonyl (C=O) groups excluding carboxylic acids is 1. The van der Waals surface area contributed by atoms with E-state index in [4.69, 9.17) is 16.3 Å². The van der Waals surface area contributed by atoms with Gasteiger partial charge in [0.05, 0.1) is 35.2 Å². The predicted molar refractivity (Wildman–Crippen MR) is 141 cm³/mol. The van der Waals surface area contributed by atoms with Gasteiger partial charge in [0.15, 0.2) is 5.16 Å². The third-order valence-corrected chi connectivity index (χ3v) is 6.11. The second-order valence-corrected chi connectivity index (χ2v) is 8.91. The highest BCUT2D eigenvalue weighted by Gasteiger charge is 2.14. The van der Waals surface area contributed by atoms with Gasteiger partial charge in [-0.05, 0) is 72.6 Å². The molecule has 1 amide bonds. The van der Waals surface area contributed by atoms with Crippen LogP contribution in [-0.2, 0) is 4.79 Å². The maximum absolute atomic E-state index is 13.2. The molecule has 3 aromatic carbocycles. The van der Waals surface area contributed by atoms with Gasteiger partial charge in [-0.2, -0.15) is 5.10 Å². The van der Waals surface area contributed by atoms with Crippen LogP contribution in [0.5, 0.6) is 5.75 Å². The molecule has 1 aromatic heterocycles. The Labute approximate surface area is 211 Å². The van der Waals surface area contributed by atoms with E-state index in [1.807, 2.05) is 30.3 Å². The third-order valence-electron chi connectivity index (χ3n) is 4.92. The quantitative estimate of drug-likeness (QED) is 0.148. The van der Waals surface area contributed by atoms with Gasteiger partial charge in [0.25, 0.3) is 11.5 Å². The summed E-state index contributed by atoms with van der Waals surface area (Å²) >= 11 is 7.17. The molecule has 0 radical (unpaired) electrons. The SMILES string of the molecule is CCCOc1ccc(/C=N\NC(=O)CSc2nc3ccccc3c(=O)n2-c2ccc(Cl)cc2)cc1. The summed E-state index contributed by atoms with van der Waals surface area (Å²) in [6.45, 7) is 2.72. The number of ether oxygens (including phenoxy) is 1. The molecule has 4 rings (SSSR count). The van der Waals surface area contributed by atoms with Crippen LogP contribution in [0.4, 0.5) is 0 Å². The zero-order valence-electron chi connectivity index (χ0n) is 19.0. The molecule has 7 nitrogen and oxygen atoms in total. The fourth-order valence-electron chi connectivity index (χ4n) is 3.24. The predicted octanol–water partition coefficient (Wildman–Crippen LogP) is 5.07. The van der Waals surface area contributed by atoms with Gasteiger partial charge >= 0.3 is 0 Å². The molecular formula is C26H23ClN4O3S. The Hall–Kier alpha value is -3.62. The zero-order chi connectivity index (χ0) is 24.6. The van der Waals surface area contributed by atoms with Crippen molar-refractivity contribution >= 4 is 46.4 Å². The van der Waals surface area contributed by atoms with E-state index in [0.717, 1.165) is 29.5 Å². The van der Waals surface area contributed by atoms with Gasteiger partial charge in [0.2, 0.25) is 0 Å². The Morgan fingerprint density at radius 3 is 2.60 bits per heavy atom. The van der Waals surface area contributed by atoms with Crippen LogP contribution in [-0.4, -0.2) is 34.0 Å². The molecule has 35 heavy (non-hydrogen) atoms. The van der Waals surface area contributed by atoms with E-state index in [1.165, 1.54) is 4.57 Å². The number of fused-ring (bicyclic) bond motifs is 1. The number of aromatic nitrogens is 2. The fraction of sp³-hybridized carbons (Fsp3) is 0.154. The van der Waals surface area contributed by atoms with Crippen molar-refractivity contribution in [1.82, 2.24) is 15.0 Å². The molecule has 0 bridgehead atoms. The summed E-state index contributed by atoms with van der Waals surface area (Å²) in [4.78, 5) is 30.3. The van der Waals surface area contributed by atoms with Crippen molar-refractivity contribution in [3.05, 3.63) is 93.7 Å². The molecule has 9 heteroatoms. The van der Waals surface area contributed by atoms with Gasteiger partial charge in [-0.15, -0.1) is 0 Å². The Morgan fingerprint density at radius 1 is 1.11 bits per heavy atom. The maximum atomic E-state index is 13.2. The first kappa shape index (κ1) is 24.5. The highest BCUT2D eigenvalue weighted by Crippen LogP contribution is 2.22. The minimum atomic E-state index is -0.320. The van der Waals surface area contributed by atoms with Crippen LogP contribution in [0, 0.1) is 0 Å². The number of nitrogens with zero attached hydrogens (tertiary/aromatic N) is 3. The lowest BCUT2D eigenvalue weighted by Gasteiger charge is -2.13. The summed E-state index contributed by atoms with van der Waals surface area (Å²) < 4.78 is 7.04. The van der Waals surface area contributed by atoms with Crippen LogP contribution in [0.3, 0.4) is 0 Å². The van der Waals surface area contributed by atoms with Gasteiger partial charge in [0.1, 0.15) is 5.75 Å². The summed E-state index contributed by atoms with van der Waals surface area (Å²) in [5, 5.41) is 5.47. The fourth-order valence-corrected chi connectivity index (χ4v) is 4.17. The summed E-state index contributed by atoms with van der Waals surface area (Å²) in [6.07, 6.45) is 2.50. The van der Waals surface area contributed by atoms with E-state index in [1.54, 1.807) is 48.7 Å². The largest absolute Gasteiger partial charge is 0.494 e. The molecule has 178 valence electrons. The van der Waals surface area contributed by atoms with E-state index in [9.17, 15) is 9.59 Å². The molecule has 0 saturated carbocycles. The average molecular weight is 507 g/mol. The van der Waals surface area contributed by atoms with Gasteiger partial charge in [-0.3, -0.25) is 14.2 Å². The Balaban J connectivity index is 1.47. The van der Waals surface area contributed by atoms with E-state index >= 15 is 0 Å². The van der Waals surface area contributed by atoms with Gasteiger partial charge < -0.3 is 4.74 Å². The van der Waals surface area contributed by atoms with Crippen molar-refractivity contribution in [3.8, 4) is 11.4 Å². The number of rotatable bonds is 9. The molecule has 0 aliphatic carbocycles. The van der Waals surface area contributed by atoms with Gasteiger partial charge in [-0.1, -0.05) is 42.4 Å². The lowest BCUT2D eigenvalue weighted by Crippen LogP contribution is -2.24. The lowest BCUT2D eigenvalue weighted by atomic mass is 10.2. The van der Waals surface area contributed by atoms with Crippen LogP contribution in [0.15, 0.2) is 87.8 Å². The molecule has 0 atom stereocenters. The first-order chi connectivity index (χ1) is 17.0. The van der Waals surface area contributed by atoms with Crippen LogP contribution >= 0.6 is 23.4 Å². The Kier molecular flexibility index (Phi) is 8.18. The highest BCUT2D eigenvalue weighted by molar-refractivity contribution is 7.99. The monoisotopic (exact) mass is 506 g/mol. The number of carbonyl (C=O) groups is 1. The Bertz CT molecular complexity index is 1400. The minimum absolute atomic E-state index is 0.0273. The number of para-hydroxylation sites is 1. The van der Waals surface area contributed by atoms with Crippen molar-refractivity contribution in [2.75, 3.05) is 12.4 Å². The smallest absolute Gasteiger partial charge is 0.266 e. The molecule has 1 heterocycles. The van der Waals surface area contributed by atoms with E-state index in [2.05, 4.69) is 22.4 Å². The van der Waals surface area contributed by atoms with Crippen LogP contribution in [0.1, 0.15) is 18.9 Å². The molecule has 0 aliphatic rings. The summed E-state index contributed by atoms with van der Waals surface area (Å²) in [5.41, 5.74) is 4.31. The number of thioether (sulfide) groups is 1. The molecule has 1 N–H and O–H groups in total. The number of hydrogen-bond acceptors (Lipinski definition) is 6. The number of hydrazone groups is 1. The van der Waals surface area contributed by atoms with Crippen LogP contribution in [0.25, 0.3) is 16.6 Å². The van der Waals surface area contributed by atoms with Crippen molar-refractivity contribution in [2.24, 2.45) is 5.10 Å². The maximum Gasteiger partial charge on any atom is 0.266 e. The van der Waals surface area contributed by atoms with E-state index in [0.29, 0.717) is 33.4 Å². The average Bonchev–Trinajstić information content (AvgIpc) is 2.88. The third kappa shape index (κ3) is 6.29. The molecule has 0 spiro atoms. The van der Waals surface area contributed by atoms with Gasteiger partial charge in [-0.25, -0.2) is 10.4 Å². The standard InChI is InChI=1S/C26H23ClN4O3S/c1-2-15-34-21-13-7-18(8-14-21)16-28-30-24(32)17-35-26-29-23-6-4-3-5-22(23)25(33)31(26)20-11-9-19(27)10-12-20/h3-14,16H,2,15,17H2,1H3,(H,30,32)/b28-16-. The highest BCUT2D eigenvalue weighted by atomic mass is 35.5. The molecule has 0 saturated heterocycles. The van der Waals surface area contributed by atoms with Crippen molar-refractivity contribution in [3.63, 3.8) is 0 Å². The normalized spacial score (nSPS) is 11.1. The zero-order valence-corrected chi connectivity index (χ0v) is 20.6. The minimum Gasteiger partial charge on any atom is -0.494 e. The number of nitrogens with one attached hydrogen (secondary N) is 1. The van der Waals surface area contributed by atoms with Crippen LogP contribution in [0.2, 0.25) is 5.02 Å². The molecule has 0 aliphatic heterocycles. The van der Waals surface area contributed by atoms with Crippen molar-refractivity contribution in [2.45, 2.75) is 18.5 Å². The van der Waals surface area contributed by atoms with Crippen LogP contribution < -0.4 is 15.7 Å². The Morgan fingerprint density at radius 2 is 1.86 bits per heavy atom. The number of halogens is 1. The first-order valence-electron chi connectivity index (χ1n) is 11.0. The first-order valence-corrected chi connectivity index (χ1v) is 12.4. The van der Waals surface area contributed by atoms with E-state index in [-0.39, 0.29) is 17.2 Å². The summed E-state index contributed by atoms with van der Waals surface area (Å²) in [5.74, 6) is 0.498. The lowest BCUT2D eigenvalue weighted by molar-refractivity contribution is -0.118. The number of benzene rings is 3. The number of hydrogen-bond donors (Lipinski definition) is 1. The van der Waals surface area contributed by atoms with Crippen molar-refractivity contribution in [1.29, 1.82) is 0 Å². The molecule has 4 aromatic rings. The summed E-state index contributed by atoms with van der Waals surface area (Å²) in [6, 6.07) is 21.4. The number of amides is 1. The molecule has 0 unspecified atom stereocenters. The van der Waals surface area contributed by atoms with Gasteiger partial charge in [0, 0.05) is 5.02 Å². The molecular weight excluding hydrogens is 484 g/mol. The van der Waals surface area contributed by atoms with Crippen molar-refractivity contribution < 1.29 is 9.53 Å².